The lowest BCUT2D eigenvalue weighted by Crippen LogP contribution is -2.41. The molecule has 0 saturated carbocycles. The molecular formula is C14H23BClNO2. The van der Waals surface area contributed by atoms with E-state index >= 15 is 0 Å². The molecule has 0 atom stereocenters. The molecule has 3 nitrogen and oxygen atoms in total. The first-order valence-corrected chi connectivity index (χ1v) is 7.02. The van der Waals surface area contributed by atoms with E-state index in [0.717, 1.165) is 5.46 Å². The van der Waals surface area contributed by atoms with Crippen molar-refractivity contribution in [1.82, 2.24) is 0 Å². The SMILES string of the molecule is CC.CC1(C)OB(c2cccc(N)c2Cl)OC1(C)C. The van der Waals surface area contributed by atoms with Crippen LogP contribution in [0.2, 0.25) is 5.02 Å². The summed E-state index contributed by atoms with van der Waals surface area (Å²) < 4.78 is 11.8. The van der Waals surface area contributed by atoms with E-state index in [1.165, 1.54) is 0 Å². The molecule has 19 heavy (non-hydrogen) atoms. The molecule has 5 heteroatoms. The van der Waals surface area contributed by atoms with E-state index in [0.29, 0.717) is 10.7 Å². The van der Waals surface area contributed by atoms with Gasteiger partial charge in [0.1, 0.15) is 0 Å². The van der Waals surface area contributed by atoms with Crippen LogP contribution in [-0.2, 0) is 9.31 Å². The van der Waals surface area contributed by atoms with Gasteiger partial charge in [-0.15, -0.1) is 0 Å². The molecule has 2 N–H and O–H groups in total. The predicted octanol–water partition coefficient (Wildman–Crippen LogP) is 3.25. The fourth-order valence-corrected chi connectivity index (χ4v) is 1.94. The van der Waals surface area contributed by atoms with Crippen LogP contribution >= 0.6 is 11.6 Å². The van der Waals surface area contributed by atoms with Crippen LogP contribution < -0.4 is 11.2 Å². The molecule has 2 rings (SSSR count). The summed E-state index contributed by atoms with van der Waals surface area (Å²) in [6, 6.07) is 5.49. The predicted molar refractivity (Wildman–Crippen MR) is 82.9 cm³/mol. The number of hydrogen-bond donors (Lipinski definition) is 1. The number of benzene rings is 1. The zero-order valence-electron chi connectivity index (χ0n) is 12.6. The maximum Gasteiger partial charge on any atom is 0.496 e. The monoisotopic (exact) mass is 283 g/mol. The highest BCUT2D eigenvalue weighted by Gasteiger charge is 2.52. The van der Waals surface area contributed by atoms with Crippen LogP contribution in [0.4, 0.5) is 5.69 Å². The van der Waals surface area contributed by atoms with Gasteiger partial charge in [-0.25, -0.2) is 0 Å². The molecule has 1 aromatic rings. The first-order valence-electron chi connectivity index (χ1n) is 6.64. The van der Waals surface area contributed by atoms with E-state index in [4.69, 9.17) is 26.6 Å². The van der Waals surface area contributed by atoms with Gasteiger partial charge >= 0.3 is 7.12 Å². The van der Waals surface area contributed by atoms with Crippen molar-refractivity contribution in [3.8, 4) is 0 Å². The van der Waals surface area contributed by atoms with Crippen LogP contribution in [-0.4, -0.2) is 18.3 Å². The van der Waals surface area contributed by atoms with E-state index < -0.39 is 7.12 Å². The van der Waals surface area contributed by atoms with Gasteiger partial charge in [0.15, 0.2) is 0 Å². The third kappa shape index (κ3) is 3.07. The summed E-state index contributed by atoms with van der Waals surface area (Å²) in [6.07, 6.45) is 0. The van der Waals surface area contributed by atoms with Gasteiger partial charge < -0.3 is 15.0 Å². The third-order valence-electron chi connectivity index (χ3n) is 3.57. The normalized spacial score (nSPS) is 19.8. The molecule has 0 spiro atoms. The van der Waals surface area contributed by atoms with Crippen LogP contribution in [0.25, 0.3) is 0 Å². The Hall–Kier alpha value is -0.705. The van der Waals surface area contributed by atoms with Gasteiger partial charge in [-0.1, -0.05) is 37.6 Å². The van der Waals surface area contributed by atoms with Crippen LogP contribution in [0, 0.1) is 0 Å². The van der Waals surface area contributed by atoms with Gasteiger partial charge in [0.2, 0.25) is 0 Å². The van der Waals surface area contributed by atoms with Gasteiger partial charge in [-0.2, -0.15) is 0 Å². The highest BCUT2D eigenvalue weighted by Crippen LogP contribution is 2.37. The molecule has 0 radical (unpaired) electrons. The molecule has 1 heterocycles. The summed E-state index contributed by atoms with van der Waals surface area (Å²) in [4.78, 5) is 0. The lowest BCUT2D eigenvalue weighted by atomic mass is 9.79. The zero-order valence-corrected chi connectivity index (χ0v) is 13.3. The minimum absolute atomic E-state index is 0.369. The second kappa shape index (κ2) is 5.74. The van der Waals surface area contributed by atoms with Crippen molar-refractivity contribution < 1.29 is 9.31 Å². The zero-order chi connectivity index (χ0) is 14.8. The molecule has 1 fully saturated rings. The molecular weight excluding hydrogens is 260 g/mol. The number of halogens is 1. The van der Waals surface area contributed by atoms with Crippen molar-refractivity contribution in [1.29, 1.82) is 0 Å². The fourth-order valence-electron chi connectivity index (χ4n) is 1.72. The van der Waals surface area contributed by atoms with Crippen LogP contribution in [0.5, 0.6) is 0 Å². The summed E-state index contributed by atoms with van der Waals surface area (Å²) >= 11 is 6.17. The summed E-state index contributed by atoms with van der Waals surface area (Å²) in [5, 5.41) is 0.506. The van der Waals surface area contributed by atoms with Gasteiger partial charge in [-0.3, -0.25) is 0 Å². The van der Waals surface area contributed by atoms with Crippen LogP contribution in [0.1, 0.15) is 41.5 Å². The molecule has 1 aliphatic heterocycles. The summed E-state index contributed by atoms with van der Waals surface area (Å²) in [7, 11) is -0.462. The van der Waals surface area contributed by atoms with E-state index in [1.54, 1.807) is 6.07 Å². The number of nitrogens with two attached hydrogens (primary N) is 1. The number of nitrogen functional groups attached to an aromatic ring is 1. The second-order valence-electron chi connectivity index (χ2n) is 5.34. The highest BCUT2D eigenvalue weighted by molar-refractivity contribution is 6.66. The minimum Gasteiger partial charge on any atom is -0.399 e. The lowest BCUT2D eigenvalue weighted by molar-refractivity contribution is 0.00578. The first kappa shape index (κ1) is 16.3. The van der Waals surface area contributed by atoms with E-state index in [9.17, 15) is 0 Å². The summed E-state index contributed by atoms with van der Waals surface area (Å²) in [6.45, 7) is 12.0. The highest BCUT2D eigenvalue weighted by atomic mass is 35.5. The Labute approximate surface area is 121 Å². The van der Waals surface area contributed by atoms with Crippen molar-refractivity contribution in [3.05, 3.63) is 23.2 Å². The Morgan fingerprint density at radius 3 is 2.00 bits per heavy atom. The van der Waals surface area contributed by atoms with E-state index in [2.05, 4.69) is 0 Å². The van der Waals surface area contributed by atoms with Crippen LogP contribution in [0.3, 0.4) is 0 Å². The van der Waals surface area contributed by atoms with Crippen molar-refractivity contribution in [3.63, 3.8) is 0 Å². The van der Waals surface area contributed by atoms with Gasteiger partial charge in [0.25, 0.3) is 0 Å². The maximum atomic E-state index is 6.17. The van der Waals surface area contributed by atoms with Gasteiger partial charge in [0.05, 0.1) is 16.2 Å². The minimum atomic E-state index is -0.462. The molecule has 1 aromatic carbocycles. The van der Waals surface area contributed by atoms with Gasteiger partial charge in [-0.05, 0) is 33.8 Å². The quantitative estimate of drug-likeness (QED) is 0.635. The average Bonchev–Trinajstić information content (AvgIpc) is 2.54. The first-order chi connectivity index (χ1) is 8.74. The van der Waals surface area contributed by atoms with E-state index in [1.807, 2.05) is 53.7 Å². The Morgan fingerprint density at radius 1 is 1.05 bits per heavy atom. The molecule has 0 unspecified atom stereocenters. The molecule has 0 aromatic heterocycles. The topological polar surface area (TPSA) is 44.5 Å². The molecule has 106 valence electrons. The van der Waals surface area contributed by atoms with Crippen LogP contribution in [0.15, 0.2) is 18.2 Å². The lowest BCUT2D eigenvalue weighted by Gasteiger charge is -2.32. The molecule has 1 saturated heterocycles. The summed E-state index contributed by atoms with van der Waals surface area (Å²) in [5.41, 5.74) is 6.36. The number of rotatable bonds is 1. The number of hydrogen-bond acceptors (Lipinski definition) is 3. The van der Waals surface area contributed by atoms with Crippen molar-refractivity contribution in [2.45, 2.75) is 52.7 Å². The molecule has 0 amide bonds. The third-order valence-corrected chi connectivity index (χ3v) is 4.00. The van der Waals surface area contributed by atoms with E-state index in [-0.39, 0.29) is 11.2 Å². The Kier molecular flexibility index (Phi) is 4.94. The number of anilines is 1. The Bertz CT molecular complexity index is 433. The Morgan fingerprint density at radius 2 is 1.53 bits per heavy atom. The molecule has 1 aliphatic rings. The second-order valence-corrected chi connectivity index (χ2v) is 5.72. The molecule has 0 aliphatic carbocycles. The largest absolute Gasteiger partial charge is 0.496 e. The fraction of sp³-hybridized carbons (Fsp3) is 0.571. The van der Waals surface area contributed by atoms with Crippen molar-refractivity contribution >= 4 is 29.9 Å². The average molecular weight is 284 g/mol. The maximum absolute atomic E-state index is 6.17. The smallest absolute Gasteiger partial charge is 0.399 e. The standard InChI is InChI=1S/C12H17BClNO2.C2H6/c1-11(2)12(3,4)17-13(16-11)8-6-5-7-9(15)10(8)14;1-2/h5-7H,15H2,1-4H3;1-2H3. The van der Waals surface area contributed by atoms with Gasteiger partial charge in [0, 0.05) is 11.2 Å². The summed E-state index contributed by atoms with van der Waals surface area (Å²) in [5.74, 6) is 0. The Balaban J connectivity index is 0.000000861. The van der Waals surface area contributed by atoms with Crippen molar-refractivity contribution in [2.75, 3.05) is 5.73 Å². The van der Waals surface area contributed by atoms with Crippen molar-refractivity contribution in [2.24, 2.45) is 0 Å². The molecule has 0 bridgehead atoms.